The highest BCUT2D eigenvalue weighted by molar-refractivity contribution is 5.76. The summed E-state index contributed by atoms with van der Waals surface area (Å²) in [6.07, 6.45) is 6.71. The lowest BCUT2D eigenvalue weighted by Gasteiger charge is -2.29. The average molecular weight is 334 g/mol. The first-order valence-corrected chi connectivity index (χ1v) is 9.10. The molecule has 5 heteroatoms. The van der Waals surface area contributed by atoms with E-state index in [0.29, 0.717) is 50.9 Å². The van der Waals surface area contributed by atoms with Crippen LogP contribution < -0.4 is 10.2 Å². The summed E-state index contributed by atoms with van der Waals surface area (Å²) in [4.78, 5) is 14.1. The van der Waals surface area contributed by atoms with E-state index in [1.165, 1.54) is 25.3 Å². The van der Waals surface area contributed by atoms with Gasteiger partial charge in [-0.3, -0.25) is 4.79 Å². The maximum absolute atomic E-state index is 14.3. The molecule has 3 rings (SSSR count). The monoisotopic (exact) mass is 334 g/mol. The molecule has 1 heterocycles. The van der Waals surface area contributed by atoms with Gasteiger partial charge in [0.25, 0.3) is 0 Å². The molecule has 1 saturated carbocycles. The quantitative estimate of drug-likeness (QED) is 0.899. The van der Waals surface area contributed by atoms with Crippen molar-refractivity contribution in [2.75, 3.05) is 31.2 Å². The van der Waals surface area contributed by atoms with Crippen LogP contribution in [-0.2, 0) is 16.1 Å². The molecular formula is C19H27FN2O2. The smallest absolute Gasteiger partial charge is 0.220 e. The largest absolute Gasteiger partial charge is 0.378 e. The summed E-state index contributed by atoms with van der Waals surface area (Å²) in [6.45, 7) is 3.10. The molecule has 1 aliphatic carbocycles. The van der Waals surface area contributed by atoms with E-state index in [9.17, 15) is 9.18 Å². The van der Waals surface area contributed by atoms with Crippen LogP contribution in [0.15, 0.2) is 18.2 Å². The van der Waals surface area contributed by atoms with Crippen molar-refractivity contribution in [3.63, 3.8) is 0 Å². The standard InChI is InChI=1S/C19H27FN2O2/c20-17-12-16(6-7-18(17)22-8-10-24-11-9-22)14-21-19(23)13-15-4-2-1-3-5-15/h6-7,12,15H,1-5,8-11,13-14H2,(H,21,23). The van der Waals surface area contributed by atoms with E-state index >= 15 is 0 Å². The number of carbonyl (C=O) groups excluding carboxylic acids is 1. The normalized spacial score (nSPS) is 19.3. The number of benzene rings is 1. The zero-order valence-corrected chi connectivity index (χ0v) is 14.2. The molecule has 1 amide bonds. The van der Waals surface area contributed by atoms with Gasteiger partial charge >= 0.3 is 0 Å². The van der Waals surface area contributed by atoms with Gasteiger partial charge < -0.3 is 15.0 Å². The van der Waals surface area contributed by atoms with E-state index in [2.05, 4.69) is 5.32 Å². The van der Waals surface area contributed by atoms with Gasteiger partial charge in [0.15, 0.2) is 0 Å². The van der Waals surface area contributed by atoms with Gasteiger partial charge in [-0.25, -0.2) is 4.39 Å². The van der Waals surface area contributed by atoms with Crippen molar-refractivity contribution in [1.29, 1.82) is 0 Å². The molecule has 0 aromatic heterocycles. The fraction of sp³-hybridized carbons (Fsp3) is 0.632. The fourth-order valence-corrected chi connectivity index (χ4v) is 3.65. The second-order valence-corrected chi connectivity index (χ2v) is 6.87. The molecule has 24 heavy (non-hydrogen) atoms. The van der Waals surface area contributed by atoms with E-state index in [4.69, 9.17) is 4.74 Å². The van der Waals surface area contributed by atoms with E-state index in [0.717, 1.165) is 18.4 Å². The summed E-state index contributed by atoms with van der Waals surface area (Å²) >= 11 is 0. The van der Waals surface area contributed by atoms with E-state index in [-0.39, 0.29) is 11.7 Å². The molecule has 1 aromatic rings. The number of hydrogen-bond acceptors (Lipinski definition) is 3. The Morgan fingerprint density at radius 1 is 1.21 bits per heavy atom. The molecule has 4 nitrogen and oxygen atoms in total. The number of hydrogen-bond donors (Lipinski definition) is 1. The number of rotatable bonds is 5. The van der Waals surface area contributed by atoms with Gasteiger partial charge in [0.2, 0.25) is 5.91 Å². The van der Waals surface area contributed by atoms with Crippen LogP contribution in [0.3, 0.4) is 0 Å². The molecule has 0 radical (unpaired) electrons. The second-order valence-electron chi connectivity index (χ2n) is 6.87. The van der Waals surface area contributed by atoms with Crippen molar-refractivity contribution in [1.82, 2.24) is 5.32 Å². The molecule has 0 unspecified atom stereocenters. The van der Waals surface area contributed by atoms with E-state index in [1.807, 2.05) is 17.0 Å². The highest BCUT2D eigenvalue weighted by atomic mass is 19.1. The third-order valence-electron chi connectivity index (χ3n) is 5.05. The lowest BCUT2D eigenvalue weighted by atomic mass is 9.87. The molecule has 0 spiro atoms. The van der Waals surface area contributed by atoms with Crippen molar-refractivity contribution in [2.24, 2.45) is 5.92 Å². The second kappa shape index (κ2) is 8.47. The lowest BCUT2D eigenvalue weighted by Crippen LogP contribution is -2.36. The number of anilines is 1. The minimum absolute atomic E-state index is 0.0829. The Hall–Kier alpha value is -1.62. The molecule has 1 saturated heterocycles. The molecule has 1 N–H and O–H groups in total. The Morgan fingerprint density at radius 3 is 2.67 bits per heavy atom. The molecule has 2 aliphatic rings. The number of nitrogens with zero attached hydrogens (tertiary/aromatic N) is 1. The number of amides is 1. The van der Waals surface area contributed by atoms with Crippen molar-refractivity contribution in [3.05, 3.63) is 29.6 Å². The van der Waals surface area contributed by atoms with Gasteiger partial charge in [0.1, 0.15) is 5.82 Å². The van der Waals surface area contributed by atoms with Crippen molar-refractivity contribution < 1.29 is 13.9 Å². The molecule has 1 aromatic carbocycles. The number of carbonyl (C=O) groups is 1. The molecule has 2 fully saturated rings. The summed E-state index contributed by atoms with van der Waals surface area (Å²) in [6, 6.07) is 5.24. The summed E-state index contributed by atoms with van der Waals surface area (Å²) in [7, 11) is 0. The third-order valence-corrected chi connectivity index (χ3v) is 5.05. The molecule has 0 bridgehead atoms. The van der Waals surface area contributed by atoms with E-state index < -0.39 is 0 Å². The van der Waals surface area contributed by atoms with Crippen LogP contribution in [0.2, 0.25) is 0 Å². The predicted octanol–water partition coefficient (Wildman–Crippen LogP) is 3.25. The molecule has 132 valence electrons. The van der Waals surface area contributed by atoms with Gasteiger partial charge in [-0.15, -0.1) is 0 Å². The van der Waals surface area contributed by atoms with Gasteiger partial charge in [-0.2, -0.15) is 0 Å². The van der Waals surface area contributed by atoms with Gasteiger partial charge in [-0.05, 0) is 36.5 Å². The van der Waals surface area contributed by atoms with Crippen LogP contribution in [-0.4, -0.2) is 32.2 Å². The first-order valence-electron chi connectivity index (χ1n) is 9.10. The SMILES string of the molecule is O=C(CC1CCCCC1)NCc1ccc(N2CCOCC2)c(F)c1. The zero-order chi connectivity index (χ0) is 16.8. The minimum Gasteiger partial charge on any atom is -0.378 e. The third kappa shape index (κ3) is 4.69. The Morgan fingerprint density at radius 2 is 1.96 bits per heavy atom. The van der Waals surface area contributed by atoms with Crippen LogP contribution in [0.5, 0.6) is 0 Å². The highest BCUT2D eigenvalue weighted by Crippen LogP contribution is 2.26. The first-order chi connectivity index (χ1) is 11.7. The first kappa shape index (κ1) is 17.2. The Balaban J connectivity index is 1.49. The lowest BCUT2D eigenvalue weighted by molar-refractivity contribution is -0.122. The van der Waals surface area contributed by atoms with Gasteiger partial charge in [0, 0.05) is 26.1 Å². The maximum atomic E-state index is 14.3. The van der Waals surface area contributed by atoms with Crippen LogP contribution in [0.4, 0.5) is 10.1 Å². The van der Waals surface area contributed by atoms with Crippen LogP contribution in [0, 0.1) is 11.7 Å². The highest BCUT2D eigenvalue weighted by Gasteiger charge is 2.18. The number of ether oxygens (including phenoxy) is 1. The summed E-state index contributed by atoms with van der Waals surface area (Å²) < 4.78 is 19.6. The summed E-state index contributed by atoms with van der Waals surface area (Å²) in [5.74, 6) is 0.384. The average Bonchev–Trinajstić information content (AvgIpc) is 2.62. The Kier molecular flexibility index (Phi) is 6.07. The van der Waals surface area contributed by atoms with Crippen LogP contribution >= 0.6 is 0 Å². The topological polar surface area (TPSA) is 41.6 Å². The summed E-state index contributed by atoms with van der Waals surface area (Å²) in [5.41, 5.74) is 1.43. The van der Waals surface area contributed by atoms with Crippen LogP contribution in [0.25, 0.3) is 0 Å². The van der Waals surface area contributed by atoms with Crippen LogP contribution in [0.1, 0.15) is 44.1 Å². The Labute approximate surface area is 143 Å². The van der Waals surface area contributed by atoms with Crippen molar-refractivity contribution >= 4 is 11.6 Å². The maximum Gasteiger partial charge on any atom is 0.220 e. The number of nitrogens with one attached hydrogen (secondary N) is 1. The summed E-state index contributed by atoms with van der Waals surface area (Å²) in [5, 5.41) is 2.93. The zero-order valence-electron chi connectivity index (χ0n) is 14.2. The number of halogens is 1. The molecule has 0 atom stereocenters. The fourth-order valence-electron chi connectivity index (χ4n) is 3.65. The predicted molar refractivity (Wildman–Crippen MR) is 92.5 cm³/mol. The molecule has 1 aliphatic heterocycles. The van der Waals surface area contributed by atoms with Crippen molar-refractivity contribution in [2.45, 2.75) is 45.1 Å². The number of morpholine rings is 1. The van der Waals surface area contributed by atoms with E-state index in [1.54, 1.807) is 0 Å². The van der Waals surface area contributed by atoms with Gasteiger partial charge in [0.05, 0.1) is 18.9 Å². The van der Waals surface area contributed by atoms with Gasteiger partial charge in [-0.1, -0.05) is 25.3 Å². The molecular weight excluding hydrogens is 307 g/mol. The minimum atomic E-state index is -0.226. The van der Waals surface area contributed by atoms with Crippen molar-refractivity contribution in [3.8, 4) is 0 Å². The Bertz CT molecular complexity index is 552.